The zero-order valence-corrected chi connectivity index (χ0v) is 10.6. The maximum Gasteiger partial charge on any atom is 0.254 e. The SMILES string of the molecule is CN(Cc1ccncc1)C(=O)c1cc(F)c(F)c(F)c1. The van der Waals surface area contributed by atoms with Gasteiger partial charge in [0.2, 0.25) is 0 Å². The van der Waals surface area contributed by atoms with Gasteiger partial charge in [-0.15, -0.1) is 0 Å². The lowest BCUT2D eigenvalue weighted by Crippen LogP contribution is -2.26. The number of hydrogen-bond acceptors (Lipinski definition) is 2. The summed E-state index contributed by atoms with van der Waals surface area (Å²) in [4.78, 5) is 17.1. The van der Waals surface area contributed by atoms with Gasteiger partial charge in [0.25, 0.3) is 5.91 Å². The fourth-order valence-corrected chi connectivity index (χ4v) is 1.73. The number of pyridine rings is 1. The second-order valence-electron chi connectivity index (χ2n) is 4.27. The molecule has 0 atom stereocenters. The number of rotatable bonds is 3. The van der Waals surface area contributed by atoms with Crippen LogP contribution in [0.1, 0.15) is 15.9 Å². The second kappa shape index (κ2) is 5.73. The van der Waals surface area contributed by atoms with Crippen molar-refractivity contribution in [3.8, 4) is 0 Å². The van der Waals surface area contributed by atoms with E-state index in [1.807, 2.05) is 0 Å². The van der Waals surface area contributed by atoms with Gasteiger partial charge in [-0.2, -0.15) is 0 Å². The topological polar surface area (TPSA) is 33.2 Å². The van der Waals surface area contributed by atoms with Crippen LogP contribution in [0.4, 0.5) is 13.2 Å². The summed E-state index contributed by atoms with van der Waals surface area (Å²) in [6.07, 6.45) is 3.15. The molecule has 1 amide bonds. The maximum absolute atomic E-state index is 13.1. The summed E-state index contributed by atoms with van der Waals surface area (Å²) in [5.74, 6) is -4.95. The molecule has 0 unspecified atom stereocenters. The molecule has 20 heavy (non-hydrogen) atoms. The molecule has 0 bridgehead atoms. The summed E-state index contributed by atoms with van der Waals surface area (Å²) in [6.45, 7) is 0.252. The number of hydrogen-bond donors (Lipinski definition) is 0. The normalized spacial score (nSPS) is 10.4. The Morgan fingerprint density at radius 1 is 1.15 bits per heavy atom. The van der Waals surface area contributed by atoms with E-state index in [9.17, 15) is 18.0 Å². The van der Waals surface area contributed by atoms with Crippen molar-refractivity contribution in [3.63, 3.8) is 0 Å². The first-order valence-corrected chi connectivity index (χ1v) is 5.78. The van der Waals surface area contributed by atoms with Crippen molar-refractivity contribution >= 4 is 5.91 Å². The molecule has 2 aromatic rings. The Kier molecular flexibility index (Phi) is 4.02. The molecule has 0 aliphatic heterocycles. The Balaban J connectivity index is 2.19. The fraction of sp³-hybridized carbons (Fsp3) is 0.143. The molecule has 0 N–H and O–H groups in total. The molecule has 1 heterocycles. The zero-order chi connectivity index (χ0) is 14.7. The van der Waals surface area contributed by atoms with Crippen molar-refractivity contribution in [3.05, 3.63) is 65.2 Å². The first-order valence-electron chi connectivity index (χ1n) is 5.78. The maximum atomic E-state index is 13.1. The lowest BCUT2D eigenvalue weighted by Gasteiger charge is -2.17. The van der Waals surface area contributed by atoms with Gasteiger partial charge in [0, 0.05) is 31.5 Å². The van der Waals surface area contributed by atoms with Gasteiger partial charge in [-0.1, -0.05) is 0 Å². The summed E-state index contributed by atoms with van der Waals surface area (Å²) in [5.41, 5.74) is 0.580. The van der Waals surface area contributed by atoms with Crippen LogP contribution in [0.3, 0.4) is 0 Å². The van der Waals surface area contributed by atoms with Gasteiger partial charge in [0.1, 0.15) is 0 Å². The second-order valence-corrected chi connectivity index (χ2v) is 4.27. The number of benzene rings is 1. The average molecular weight is 280 g/mol. The minimum atomic E-state index is -1.58. The third kappa shape index (κ3) is 2.96. The first-order chi connectivity index (χ1) is 9.49. The molecule has 0 fully saturated rings. The van der Waals surface area contributed by atoms with Crippen LogP contribution in [0.25, 0.3) is 0 Å². The Hall–Kier alpha value is -2.37. The summed E-state index contributed by atoms with van der Waals surface area (Å²) in [6, 6.07) is 4.80. The van der Waals surface area contributed by atoms with Gasteiger partial charge in [-0.25, -0.2) is 13.2 Å². The molecule has 3 nitrogen and oxygen atoms in total. The summed E-state index contributed by atoms with van der Waals surface area (Å²) < 4.78 is 39.0. The van der Waals surface area contributed by atoms with Crippen LogP contribution in [0.5, 0.6) is 0 Å². The highest BCUT2D eigenvalue weighted by molar-refractivity contribution is 5.94. The average Bonchev–Trinajstić information content (AvgIpc) is 2.44. The minimum absolute atomic E-state index is 0.238. The summed E-state index contributed by atoms with van der Waals surface area (Å²) in [5, 5.41) is 0. The lowest BCUT2D eigenvalue weighted by atomic mass is 10.1. The van der Waals surface area contributed by atoms with Crippen LogP contribution in [0.15, 0.2) is 36.7 Å². The van der Waals surface area contributed by atoms with Gasteiger partial charge in [-0.05, 0) is 29.8 Å². The van der Waals surface area contributed by atoms with Crippen molar-refractivity contribution in [1.29, 1.82) is 0 Å². The molecule has 6 heteroatoms. The molecule has 2 rings (SSSR count). The first kappa shape index (κ1) is 14.0. The molecule has 0 aliphatic carbocycles. The highest BCUT2D eigenvalue weighted by atomic mass is 19.2. The Morgan fingerprint density at radius 2 is 1.70 bits per heavy atom. The van der Waals surface area contributed by atoms with E-state index in [2.05, 4.69) is 4.98 Å². The van der Waals surface area contributed by atoms with E-state index in [-0.39, 0.29) is 12.1 Å². The highest BCUT2D eigenvalue weighted by Gasteiger charge is 2.17. The highest BCUT2D eigenvalue weighted by Crippen LogP contribution is 2.15. The number of halogens is 3. The van der Waals surface area contributed by atoms with Crippen LogP contribution >= 0.6 is 0 Å². The minimum Gasteiger partial charge on any atom is -0.337 e. The van der Waals surface area contributed by atoms with Gasteiger partial charge in [-0.3, -0.25) is 9.78 Å². The third-order valence-corrected chi connectivity index (χ3v) is 2.75. The number of amides is 1. The largest absolute Gasteiger partial charge is 0.337 e. The van der Waals surface area contributed by atoms with Crippen LogP contribution in [-0.2, 0) is 6.54 Å². The molecule has 0 saturated carbocycles. The van der Waals surface area contributed by atoms with Crippen LogP contribution in [0.2, 0.25) is 0 Å². The summed E-state index contributed by atoms with van der Waals surface area (Å²) in [7, 11) is 1.49. The molecule has 1 aromatic carbocycles. The lowest BCUT2D eigenvalue weighted by molar-refractivity contribution is 0.0784. The molecule has 0 spiro atoms. The predicted octanol–water partition coefficient (Wildman–Crippen LogP) is 2.77. The van der Waals surface area contributed by atoms with E-state index in [0.717, 1.165) is 5.56 Å². The molecule has 0 radical (unpaired) electrons. The van der Waals surface area contributed by atoms with Crippen molar-refractivity contribution in [2.24, 2.45) is 0 Å². The predicted molar refractivity (Wildman–Crippen MR) is 66.4 cm³/mol. The standard InChI is InChI=1S/C14H11F3N2O/c1-19(8-9-2-4-18-5-3-9)14(20)10-6-11(15)13(17)12(16)7-10/h2-7H,8H2,1H3. The van der Waals surface area contributed by atoms with E-state index in [1.165, 1.54) is 11.9 Å². The van der Waals surface area contributed by atoms with Gasteiger partial charge < -0.3 is 4.90 Å². The van der Waals surface area contributed by atoms with E-state index < -0.39 is 23.4 Å². The smallest absolute Gasteiger partial charge is 0.254 e. The monoisotopic (exact) mass is 280 g/mol. The van der Waals surface area contributed by atoms with Gasteiger partial charge in [0.05, 0.1) is 0 Å². The van der Waals surface area contributed by atoms with Crippen molar-refractivity contribution < 1.29 is 18.0 Å². The van der Waals surface area contributed by atoms with E-state index in [1.54, 1.807) is 24.5 Å². The molecule has 1 aromatic heterocycles. The van der Waals surface area contributed by atoms with Gasteiger partial charge >= 0.3 is 0 Å². The Bertz CT molecular complexity index is 609. The number of carbonyl (C=O) groups excluding carboxylic acids is 1. The third-order valence-electron chi connectivity index (χ3n) is 2.75. The molecule has 104 valence electrons. The van der Waals surface area contributed by atoms with Crippen molar-refractivity contribution in [2.45, 2.75) is 6.54 Å². The number of nitrogens with zero attached hydrogens (tertiary/aromatic N) is 2. The van der Waals surface area contributed by atoms with E-state index in [4.69, 9.17) is 0 Å². The van der Waals surface area contributed by atoms with Crippen molar-refractivity contribution in [2.75, 3.05) is 7.05 Å². The van der Waals surface area contributed by atoms with Crippen LogP contribution in [0, 0.1) is 17.5 Å². The number of carbonyl (C=O) groups is 1. The zero-order valence-electron chi connectivity index (χ0n) is 10.6. The van der Waals surface area contributed by atoms with Crippen LogP contribution in [-0.4, -0.2) is 22.8 Å². The quantitative estimate of drug-likeness (QED) is 0.810. The van der Waals surface area contributed by atoms with E-state index in [0.29, 0.717) is 12.1 Å². The summed E-state index contributed by atoms with van der Waals surface area (Å²) >= 11 is 0. The Morgan fingerprint density at radius 3 is 2.25 bits per heavy atom. The van der Waals surface area contributed by atoms with Crippen LogP contribution < -0.4 is 0 Å². The van der Waals surface area contributed by atoms with E-state index >= 15 is 0 Å². The molecular formula is C14H11F3N2O. The molecule has 0 saturated heterocycles. The van der Waals surface area contributed by atoms with Crippen molar-refractivity contribution in [1.82, 2.24) is 9.88 Å². The van der Waals surface area contributed by atoms with Gasteiger partial charge in [0.15, 0.2) is 17.5 Å². The molecule has 0 aliphatic rings. The molecular weight excluding hydrogens is 269 g/mol. The Labute approximate surface area is 113 Å². The fourth-order valence-electron chi connectivity index (χ4n) is 1.73. The number of aromatic nitrogens is 1.